The average Bonchev–Trinajstić information content (AvgIpc) is 3.29. The molecule has 4 heteroatoms. The lowest BCUT2D eigenvalue weighted by molar-refractivity contribution is 0.249. The molecule has 0 unspecified atom stereocenters. The van der Waals surface area contributed by atoms with E-state index in [1.807, 2.05) is 0 Å². The Morgan fingerprint density at radius 3 is 2.52 bits per heavy atom. The van der Waals surface area contributed by atoms with Crippen molar-refractivity contribution in [2.75, 3.05) is 32.1 Å². The van der Waals surface area contributed by atoms with Gasteiger partial charge < -0.3 is 15.1 Å². The Bertz CT molecular complexity index is 474. The molecule has 1 N–H and O–H groups in total. The maximum Gasteiger partial charge on any atom is 0.131 e. The number of anilines is 1. The molecule has 116 valence electrons. The zero-order valence-electron chi connectivity index (χ0n) is 13.6. The Morgan fingerprint density at radius 1 is 1.24 bits per heavy atom. The van der Waals surface area contributed by atoms with Gasteiger partial charge in [0.25, 0.3) is 0 Å². The highest BCUT2D eigenvalue weighted by molar-refractivity contribution is 5.47. The maximum atomic E-state index is 4.74. The number of hydrogen-bond acceptors (Lipinski definition) is 4. The molecule has 1 aromatic heterocycles. The molecule has 1 aliphatic heterocycles. The second-order valence-corrected chi connectivity index (χ2v) is 6.82. The SMILES string of the molecule is Cc1cc(CNC2CC2)cnc1N1CCC(N(C)C)CC1. The lowest BCUT2D eigenvalue weighted by Crippen LogP contribution is -2.42. The molecule has 3 rings (SSSR count). The van der Waals surface area contributed by atoms with E-state index >= 15 is 0 Å². The van der Waals surface area contributed by atoms with Gasteiger partial charge in [-0.05, 0) is 63.9 Å². The van der Waals surface area contributed by atoms with Crippen LogP contribution in [0.3, 0.4) is 0 Å². The largest absolute Gasteiger partial charge is 0.356 e. The van der Waals surface area contributed by atoms with Gasteiger partial charge in [0.1, 0.15) is 5.82 Å². The molecule has 1 saturated carbocycles. The topological polar surface area (TPSA) is 31.4 Å². The van der Waals surface area contributed by atoms with Crippen LogP contribution in [0.2, 0.25) is 0 Å². The van der Waals surface area contributed by atoms with Gasteiger partial charge in [-0.25, -0.2) is 4.98 Å². The lowest BCUT2D eigenvalue weighted by atomic mass is 10.0. The highest BCUT2D eigenvalue weighted by Crippen LogP contribution is 2.24. The van der Waals surface area contributed by atoms with Crippen molar-refractivity contribution in [2.45, 2.75) is 51.2 Å². The molecule has 0 atom stereocenters. The zero-order chi connectivity index (χ0) is 14.8. The Hall–Kier alpha value is -1.13. The molecule has 1 aliphatic carbocycles. The summed E-state index contributed by atoms with van der Waals surface area (Å²) in [4.78, 5) is 9.55. The molecular formula is C17H28N4. The fourth-order valence-corrected chi connectivity index (χ4v) is 3.20. The molecule has 0 amide bonds. The van der Waals surface area contributed by atoms with E-state index in [0.717, 1.165) is 31.7 Å². The minimum Gasteiger partial charge on any atom is -0.356 e. The third kappa shape index (κ3) is 3.74. The van der Waals surface area contributed by atoms with Crippen LogP contribution in [0.1, 0.15) is 36.8 Å². The van der Waals surface area contributed by atoms with Gasteiger partial charge in [0.15, 0.2) is 0 Å². The number of piperidine rings is 1. The number of hydrogen-bond donors (Lipinski definition) is 1. The smallest absolute Gasteiger partial charge is 0.131 e. The highest BCUT2D eigenvalue weighted by Gasteiger charge is 2.23. The van der Waals surface area contributed by atoms with Crippen LogP contribution in [0.25, 0.3) is 0 Å². The summed E-state index contributed by atoms with van der Waals surface area (Å²) in [7, 11) is 4.37. The van der Waals surface area contributed by atoms with Crippen molar-refractivity contribution in [3.05, 3.63) is 23.4 Å². The molecule has 1 saturated heterocycles. The Balaban J connectivity index is 1.60. The standard InChI is InChI=1S/C17H28N4/c1-13-10-14(11-18-15-4-5-15)12-19-17(13)21-8-6-16(7-9-21)20(2)3/h10,12,15-16,18H,4-9,11H2,1-3H3. The van der Waals surface area contributed by atoms with Crippen LogP contribution in [0.15, 0.2) is 12.3 Å². The molecule has 1 aromatic rings. The summed E-state index contributed by atoms with van der Waals surface area (Å²) < 4.78 is 0. The van der Waals surface area contributed by atoms with Crippen molar-refractivity contribution in [1.82, 2.24) is 15.2 Å². The predicted molar refractivity (Wildman–Crippen MR) is 87.8 cm³/mol. The molecule has 2 heterocycles. The van der Waals surface area contributed by atoms with E-state index < -0.39 is 0 Å². The van der Waals surface area contributed by atoms with Crippen molar-refractivity contribution in [1.29, 1.82) is 0 Å². The van der Waals surface area contributed by atoms with Gasteiger partial charge in [-0.2, -0.15) is 0 Å². The normalized spacial score (nSPS) is 20.3. The van der Waals surface area contributed by atoms with Crippen LogP contribution in [0.4, 0.5) is 5.82 Å². The molecule has 0 radical (unpaired) electrons. The highest BCUT2D eigenvalue weighted by atomic mass is 15.2. The first-order valence-corrected chi connectivity index (χ1v) is 8.24. The second kappa shape index (κ2) is 6.32. The number of aromatic nitrogens is 1. The van der Waals surface area contributed by atoms with E-state index in [-0.39, 0.29) is 0 Å². The van der Waals surface area contributed by atoms with Crippen molar-refractivity contribution >= 4 is 5.82 Å². The van der Waals surface area contributed by atoms with E-state index in [2.05, 4.69) is 48.4 Å². The average molecular weight is 288 g/mol. The zero-order valence-corrected chi connectivity index (χ0v) is 13.6. The van der Waals surface area contributed by atoms with Gasteiger partial charge in [-0.1, -0.05) is 0 Å². The van der Waals surface area contributed by atoms with Crippen LogP contribution < -0.4 is 10.2 Å². The first-order chi connectivity index (χ1) is 10.1. The van der Waals surface area contributed by atoms with E-state index in [0.29, 0.717) is 0 Å². The number of aryl methyl sites for hydroxylation is 1. The number of nitrogens with one attached hydrogen (secondary N) is 1. The van der Waals surface area contributed by atoms with Gasteiger partial charge in [-0.15, -0.1) is 0 Å². The van der Waals surface area contributed by atoms with Gasteiger partial charge in [0, 0.05) is 37.9 Å². The molecule has 0 spiro atoms. The Kier molecular flexibility index (Phi) is 4.45. The first kappa shape index (κ1) is 14.8. The lowest BCUT2D eigenvalue weighted by Gasteiger charge is -2.36. The first-order valence-electron chi connectivity index (χ1n) is 8.24. The number of pyridine rings is 1. The van der Waals surface area contributed by atoms with E-state index in [1.54, 1.807) is 0 Å². The summed E-state index contributed by atoms with van der Waals surface area (Å²) >= 11 is 0. The summed E-state index contributed by atoms with van der Waals surface area (Å²) in [6.07, 6.45) is 7.20. The summed E-state index contributed by atoms with van der Waals surface area (Å²) in [6, 6.07) is 3.79. The molecule has 0 bridgehead atoms. The maximum absolute atomic E-state index is 4.74. The summed E-state index contributed by atoms with van der Waals surface area (Å²) in [5.74, 6) is 1.18. The van der Waals surface area contributed by atoms with E-state index in [4.69, 9.17) is 4.98 Å². The fourth-order valence-electron chi connectivity index (χ4n) is 3.20. The predicted octanol–water partition coefficient (Wildman–Crippen LogP) is 2.17. The minimum absolute atomic E-state index is 0.726. The van der Waals surface area contributed by atoms with E-state index in [1.165, 1.54) is 42.6 Å². The van der Waals surface area contributed by atoms with Gasteiger partial charge in [0.05, 0.1) is 0 Å². The molecule has 2 fully saturated rings. The van der Waals surface area contributed by atoms with Crippen LogP contribution >= 0.6 is 0 Å². The van der Waals surface area contributed by atoms with Crippen LogP contribution in [-0.4, -0.2) is 49.2 Å². The van der Waals surface area contributed by atoms with Crippen molar-refractivity contribution in [2.24, 2.45) is 0 Å². The molecule has 2 aliphatic rings. The summed E-state index contributed by atoms with van der Waals surface area (Å²) in [5.41, 5.74) is 2.62. The number of nitrogens with zero attached hydrogens (tertiary/aromatic N) is 3. The Labute approximate surface area is 128 Å². The van der Waals surface area contributed by atoms with Gasteiger partial charge in [0.2, 0.25) is 0 Å². The number of rotatable bonds is 5. The molecule has 21 heavy (non-hydrogen) atoms. The Morgan fingerprint density at radius 2 is 1.95 bits per heavy atom. The van der Waals surface area contributed by atoms with Crippen molar-refractivity contribution in [3.63, 3.8) is 0 Å². The third-order valence-electron chi connectivity index (χ3n) is 4.77. The van der Waals surface area contributed by atoms with Gasteiger partial charge >= 0.3 is 0 Å². The van der Waals surface area contributed by atoms with Crippen LogP contribution in [0.5, 0.6) is 0 Å². The van der Waals surface area contributed by atoms with Crippen LogP contribution in [0, 0.1) is 6.92 Å². The van der Waals surface area contributed by atoms with Crippen molar-refractivity contribution < 1.29 is 0 Å². The van der Waals surface area contributed by atoms with Gasteiger partial charge in [-0.3, -0.25) is 0 Å². The van der Waals surface area contributed by atoms with Crippen LogP contribution in [-0.2, 0) is 6.54 Å². The molecular weight excluding hydrogens is 260 g/mol. The minimum atomic E-state index is 0.726. The molecule has 0 aromatic carbocycles. The molecule has 4 nitrogen and oxygen atoms in total. The van der Waals surface area contributed by atoms with Crippen molar-refractivity contribution in [3.8, 4) is 0 Å². The quantitative estimate of drug-likeness (QED) is 0.900. The second-order valence-electron chi connectivity index (χ2n) is 6.82. The third-order valence-corrected chi connectivity index (χ3v) is 4.77. The summed E-state index contributed by atoms with van der Waals surface area (Å²) in [6.45, 7) is 5.40. The van der Waals surface area contributed by atoms with E-state index in [9.17, 15) is 0 Å². The summed E-state index contributed by atoms with van der Waals surface area (Å²) in [5, 5.41) is 3.56. The fraction of sp³-hybridized carbons (Fsp3) is 0.706. The monoisotopic (exact) mass is 288 g/mol.